The van der Waals surface area contributed by atoms with Crippen LogP contribution in [0.1, 0.15) is 5.56 Å². The van der Waals surface area contributed by atoms with Crippen LogP contribution >= 0.6 is 0 Å². The van der Waals surface area contributed by atoms with Crippen molar-refractivity contribution in [2.75, 3.05) is 12.1 Å². The van der Waals surface area contributed by atoms with Crippen molar-refractivity contribution in [3.8, 4) is 5.88 Å². The van der Waals surface area contributed by atoms with Crippen molar-refractivity contribution in [1.82, 2.24) is 9.89 Å². The lowest BCUT2D eigenvalue weighted by atomic mass is 10.2. The maximum atomic E-state index is 7.48. The number of benzene rings is 1. The number of nitrogens with zero attached hydrogens (tertiary/aromatic N) is 2. The van der Waals surface area contributed by atoms with Crippen molar-refractivity contribution in [3.63, 3.8) is 0 Å². The molecule has 0 bridgehead atoms. The highest BCUT2D eigenvalue weighted by Gasteiger charge is 1.98. The zero-order valence-electron chi connectivity index (χ0n) is 9.84. The Morgan fingerprint density at radius 2 is 2.00 bits per heavy atom. The van der Waals surface area contributed by atoms with Crippen LogP contribution in [0.3, 0.4) is 0 Å². The molecular weight excluding hydrogens is 230 g/mol. The number of hydrazine groups is 1. The van der Waals surface area contributed by atoms with Crippen LogP contribution in [0, 0.1) is 5.41 Å². The van der Waals surface area contributed by atoms with E-state index in [2.05, 4.69) is 10.6 Å². The molecule has 0 saturated heterocycles. The van der Waals surface area contributed by atoms with Crippen molar-refractivity contribution >= 4 is 0 Å². The van der Waals surface area contributed by atoms with Crippen molar-refractivity contribution in [1.29, 1.82) is 5.41 Å². The van der Waals surface area contributed by atoms with Crippen LogP contribution in [0.15, 0.2) is 42.5 Å². The minimum absolute atomic E-state index is 0.160. The van der Waals surface area contributed by atoms with Gasteiger partial charge in [0.15, 0.2) is 5.49 Å². The van der Waals surface area contributed by atoms with E-state index in [4.69, 9.17) is 16.0 Å². The molecule has 0 amide bonds. The molecule has 0 aliphatic heterocycles. The maximum Gasteiger partial charge on any atom is 0.233 e. The normalized spacial score (nSPS) is 10.1. The fraction of sp³-hybridized carbons (Fsp3) is 0.167. The summed E-state index contributed by atoms with van der Waals surface area (Å²) in [5.41, 5.74) is 3.65. The van der Waals surface area contributed by atoms with Gasteiger partial charge in [-0.05, 0) is 11.6 Å². The minimum atomic E-state index is 0.160. The van der Waals surface area contributed by atoms with Gasteiger partial charge in [0.2, 0.25) is 5.88 Å². The monoisotopic (exact) mass is 245 g/mol. The molecule has 0 aliphatic rings. The Bertz CT molecular complexity index is 552. The summed E-state index contributed by atoms with van der Waals surface area (Å²) in [6.07, 6.45) is 0.807. The van der Waals surface area contributed by atoms with Gasteiger partial charge in [-0.15, -0.1) is 9.89 Å². The average Bonchev–Trinajstić information content (AvgIpc) is 2.42. The highest BCUT2D eigenvalue weighted by atomic mass is 16.5. The number of hydrogen-bond donors (Lipinski definition) is 3. The molecule has 0 fully saturated rings. The summed E-state index contributed by atoms with van der Waals surface area (Å²) in [6.45, 7) is 0.527. The van der Waals surface area contributed by atoms with E-state index in [1.165, 1.54) is 5.56 Å². The van der Waals surface area contributed by atoms with Crippen LogP contribution in [0.4, 0.5) is 0 Å². The molecule has 6 nitrogen and oxygen atoms in total. The second-order valence-electron chi connectivity index (χ2n) is 3.68. The second-order valence-corrected chi connectivity index (χ2v) is 3.68. The molecule has 0 unspecified atom stereocenters. The Morgan fingerprint density at radius 3 is 2.72 bits per heavy atom. The number of ether oxygens (including phenoxy) is 1. The van der Waals surface area contributed by atoms with Crippen molar-refractivity contribution < 1.29 is 4.74 Å². The number of nitrogens with two attached hydrogens (primary N) is 1. The maximum absolute atomic E-state index is 7.48. The molecule has 2 rings (SSSR count). The third-order valence-electron chi connectivity index (χ3n) is 2.42. The summed E-state index contributed by atoms with van der Waals surface area (Å²) in [4.78, 5) is 1.14. The first-order valence-corrected chi connectivity index (χ1v) is 5.58. The lowest BCUT2D eigenvalue weighted by Crippen LogP contribution is -2.35. The Morgan fingerprint density at radius 1 is 1.22 bits per heavy atom. The van der Waals surface area contributed by atoms with Gasteiger partial charge in [-0.25, -0.2) is 11.4 Å². The largest absolute Gasteiger partial charge is 0.476 e. The van der Waals surface area contributed by atoms with Crippen LogP contribution < -0.4 is 21.6 Å². The Labute approximate surface area is 104 Å². The van der Waals surface area contributed by atoms with Gasteiger partial charge in [0.1, 0.15) is 0 Å². The molecule has 0 radical (unpaired) electrons. The van der Waals surface area contributed by atoms with E-state index >= 15 is 0 Å². The van der Waals surface area contributed by atoms with Gasteiger partial charge in [0, 0.05) is 12.5 Å². The molecule has 1 aromatic carbocycles. The van der Waals surface area contributed by atoms with E-state index in [1.807, 2.05) is 30.3 Å². The molecule has 0 aliphatic carbocycles. The zero-order chi connectivity index (χ0) is 12.8. The molecule has 1 heterocycles. The Hall–Kier alpha value is -2.34. The van der Waals surface area contributed by atoms with Crippen LogP contribution in [0.2, 0.25) is 0 Å². The molecule has 6 heteroatoms. The van der Waals surface area contributed by atoms with Gasteiger partial charge >= 0.3 is 0 Å². The standard InChI is InChI=1S/C12H15N5O/c13-11-6-7-12(15-17(11)16-14)18-9-8-10-4-2-1-3-5-10/h1-7,13,16H,8-9,14H2. The lowest BCUT2D eigenvalue weighted by molar-refractivity contribution is 0.300. The fourth-order valence-electron chi connectivity index (χ4n) is 1.50. The van der Waals surface area contributed by atoms with Gasteiger partial charge in [0.25, 0.3) is 0 Å². The summed E-state index contributed by atoms with van der Waals surface area (Å²) < 4.78 is 5.50. The van der Waals surface area contributed by atoms with Gasteiger partial charge < -0.3 is 4.74 Å². The lowest BCUT2D eigenvalue weighted by Gasteiger charge is -2.08. The van der Waals surface area contributed by atoms with Gasteiger partial charge in [-0.3, -0.25) is 5.41 Å². The third kappa shape index (κ3) is 3.08. The highest BCUT2D eigenvalue weighted by Crippen LogP contribution is 2.04. The van der Waals surface area contributed by atoms with Gasteiger partial charge in [0.05, 0.1) is 6.61 Å². The zero-order valence-corrected chi connectivity index (χ0v) is 9.84. The average molecular weight is 245 g/mol. The molecule has 2 aromatic rings. The van der Waals surface area contributed by atoms with Crippen molar-refractivity contribution in [2.45, 2.75) is 6.42 Å². The number of nitrogen functional groups attached to an aromatic ring is 1. The summed E-state index contributed by atoms with van der Waals surface area (Å²) in [5, 5.41) is 11.5. The second kappa shape index (κ2) is 5.83. The van der Waals surface area contributed by atoms with Crippen molar-refractivity contribution in [3.05, 3.63) is 53.5 Å². The summed E-state index contributed by atoms with van der Waals surface area (Å²) in [5.74, 6) is 5.64. The molecule has 0 atom stereocenters. The predicted octanol–water partition coefficient (Wildman–Crippen LogP) is 0.401. The van der Waals surface area contributed by atoms with E-state index in [0.717, 1.165) is 11.2 Å². The molecular formula is C12H15N5O. The van der Waals surface area contributed by atoms with Gasteiger partial charge in [-0.2, -0.15) is 0 Å². The Balaban J connectivity index is 1.93. The smallest absolute Gasteiger partial charge is 0.233 e. The fourth-order valence-corrected chi connectivity index (χ4v) is 1.50. The number of nitrogens with one attached hydrogen (secondary N) is 2. The van der Waals surface area contributed by atoms with Crippen LogP contribution in [-0.4, -0.2) is 16.5 Å². The summed E-state index contributed by atoms with van der Waals surface area (Å²) in [7, 11) is 0. The first kappa shape index (κ1) is 12.1. The number of hydrogen-bond acceptors (Lipinski definition) is 5. The van der Waals surface area contributed by atoms with E-state index in [-0.39, 0.29) is 5.49 Å². The van der Waals surface area contributed by atoms with Gasteiger partial charge in [-0.1, -0.05) is 30.3 Å². The number of aromatic nitrogens is 2. The van der Waals surface area contributed by atoms with E-state index in [0.29, 0.717) is 12.5 Å². The van der Waals surface area contributed by atoms with E-state index < -0.39 is 0 Å². The summed E-state index contributed by atoms with van der Waals surface area (Å²) >= 11 is 0. The molecule has 1 aromatic heterocycles. The first-order valence-electron chi connectivity index (χ1n) is 5.58. The Kier molecular flexibility index (Phi) is 3.93. The van der Waals surface area contributed by atoms with Crippen LogP contribution in [-0.2, 0) is 6.42 Å². The minimum Gasteiger partial charge on any atom is -0.476 e. The topological polar surface area (TPSA) is 89.0 Å². The molecule has 0 saturated carbocycles. The first-order chi connectivity index (χ1) is 8.79. The third-order valence-corrected chi connectivity index (χ3v) is 2.42. The summed E-state index contributed by atoms with van der Waals surface area (Å²) in [6, 6.07) is 13.3. The molecule has 4 N–H and O–H groups in total. The SMILES string of the molecule is N=c1ccc(OCCc2ccccc2)nn1NN. The van der Waals surface area contributed by atoms with E-state index in [9.17, 15) is 0 Å². The van der Waals surface area contributed by atoms with Crippen molar-refractivity contribution in [2.24, 2.45) is 5.84 Å². The quantitative estimate of drug-likeness (QED) is 0.525. The highest BCUT2D eigenvalue weighted by molar-refractivity contribution is 5.15. The molecule has 18 heavy (non-hydrogen) atoms. The molecule has 0 spiro atoms. The number of rotatable bonds is 5. The van der Waals surface area contributed by atoms with E-state index in [1.54, 1.807) is 12.1 Å². The predicted molar refractivity (Wildman–Crippen MR) is 67.3 cm³/mol. The van der Waals surface area contributed by atoms with Crippen LogP contribution in [0.5, 0.6) is 5.88 Å². The van der Waals surface area contributed by atoms with Crippen LogP contribution in [0.25, 0.3) is 0 Å². The molecule has 94 valence electrons.